The normalized spacial score (nSPS) is 15.8. The monoisotopic (exact) mass is 198 g/mol. The van der Waals surface area contributed by atoms with Crippen LogP contribution in [0.25, 0.3) is 0 Å². The quantitative estimate of drug-likeness (QED) is 0.544. The van der Waals surface area contributed by atoms with Crippen molar-refractivity contribution in [3.63, 3.8) is 0 Å². The van der Waals surface area contributed by atoms with Gasteiger partial charge in [0, 0.05) is 5.54 Å². The van der Waals surface area contributed by atoms with Gasteiger partial charge < -0.3 is 5.11 Å². The van der Waals surface area contributed by atoms with E-state index in [9.17, 15) is 5.11 Å². The van der Waals surface area contributed by atoms with E-state index in [1.807, 2.05) is 6.92 Å². The highest BCUT2D eigenvalue weighted by Crippen LogP contribution is 2.27. The number of hydrogen-bond donors (Lipinski definition) is 1. The lowest BCUT2D eigenvalue weighted by molar-refractivity contribution is 0.167. The third kappa shape index (κ3) is 4.49. The van der Waals surface area contributed by atoms with Crippen LogP contribution in [0.1, 0.15) is 26.7 Å². The summed E-state index contributed by atoms with van der Waals surface area (Å²) in [5.74, 6) is 6.11. The number of hydrogen-bond acceptors (Lipinski definition) is 1. The number of aliphatic hydroxyl groups is 1. The van der Waals surface area contributed by atoms with Crippen LogP contribution in [0.2, 0.25) is 25.2 Å². The SMILES string of the molecule is CC#C[C@@H]([C@@H](O)CCC)[Si](C)(C)C. The van der Waals surface area contributed by atoms with E-state index in [1.165, 1.54) is 0 Å². The second-order valence-electron chi connectivity index (χ2n) is 4.59. The van der Waals surface area contributed by atoms with Gasteiger partial charge in [-0.3, -0.25) is 0 Å². The molecule has 1 N–H and O–H groups in total. The molecule has 0 aliphatic rings. The molecule has 0 fully saturated rings. The summed E-state index contributed by atoms with van der Waals surface area (Å²) in [4.78, 5) is 0. The zero-order valence-electron chi connectivity index (χ0n) is 9.52. The van der Waals surface area contributed by atoms with Crippen LogP contribution in [0.4, 0.5) is 0 Å². The summed E-state index contributed by atoms with van der Waals surface area (Å²) in [5, 5.41) is 9.91. The molecule has 0 saturated heterocycles. The molecule has 2 heteroatoms. The first-order chi connectivity index (χ1) is 5.93. The van der Waals surface area contributed by atoms with Crippen LogP contribution in [0.15, 0.2) is 0 Å². The van der Waals surface area contributed by atoms with E-state index >= 15 is 0 Å². The highest BCUT2D eigenvalue weighted by molar-refractivity contribution is 6.78. The second-order valence-corrected chi connectivity index (χ2v) is 9.95. The van der Waals surface area contributed by atoms with Crippen molar-refractivity contribution in [2.24, 2.45) is 0 Å². The minimum atomic E-state index is -1.33. The summed E-state index contributed by atoms with van der Waals surface area (Å²) in [6.45, 7) is 10.7. The molecule has 2 atom stereocenters. The molecule has 13 heavy (non-hydrogen) atoms. The molecule has 0 amide bonds. The van der Waals surface area contributed by atoms with E-state index < -0.39 is 8.07 Å². The van der Waals surface area contributed by atoms with Crippen molar-refractivity contribution in [1.29, 1.82) is 0 Å². The van der Waals surface area contributed by atoms with Crippen LogP contribution in [0.3, 0.4) is 0 Å². The smallest absolute Gasteiger partial charge is 0.0652 e. The average Bonchev–Trinajstić information content (AvgIpc) is 1.98. The van der Waals surface area contributed by atoms with Crippen molar-refractivity contribution >= 4 is 8.07 Å². The molecule has 0 aromatic carbocycles. The van der Waals surface area contributed by atoms with Crippen molar-refractivity contribution in [2.45, 2.75) is 58.0 Å². The Balaban J connectivity index is 4.48. The Morgan fingerprint density at radius 1 is 1.31 bits per heavy atom. The summed E-state index contributed by atoms with van der Waals surface area (Å²) in [7, 11) is -1.33. The van der Waals surface area contributed by atoms with Crippen molar-refractivity contribution in [1.82, 2.24) is 0 Å². The van der Waals surface area contributed by atoms with Gasteiger partial charge in [-0.15, -0.1) is 11.8 Å². The maximum Gasteiger partial charge on any atom is 0.0652 e. The Kier molecular flexibility index (Phi) is 5.35. The largest absolute Gasteiger partial charge is 0.392 e. The van der Waals surface area contributed by atoms with E-state index in [4.69, 9.17) is 0 Å². The van der Waals surface area contributed by atoms with Crippen molar-refractivity contribution in [2.75, 3.05) is 0 Å². The molecule has 0 heterocycles. The van der Waals surface area contributed by atoms with Crippen LogP contribution < -0.4 is 0 Å². The van der Waals surface area contributed by atoms with Gasteiger partial charge in [0.05, 0.1) is 14.2 Å². The second kappa shape index (κ2) is 5.46. The van der Waals surface area contributed by atoms with Gasteiger partial charge >= 0.3 is 0 Å². The minimum absolute atomic E-state index is 0.218. The van der Waals surface area contributed by atoms with Gasteiger partial charge in [0.15, 0.2) is 0 Å². The molecule has 1 nitrogen and oxygen atoms in total. The molecule has 0 aromatic heterocycles. The summed E-state index contributed by atoms with van der Waals surface area (Å²) in [5.41, 5.74) is 0.234. The van der Waals surface area contributed by atoms with Crippen LogP contribution in [0, 0.1) is 11.8 Å². The summed E-state index contributed by atoms with van der Waals surface area (Å²) in [6.07, 6.45) is 1.70. The standard InChI is InChI=1S/C11H22OSi/c1-6-8-10(12)11(9-7-2)13(3,4)5/h10-12H,6,8H2,1-5H3/t10-,11-/m0/s1. The maximum atomic E-state index is 9.91. The van der Waals surface area contributed by atoms with Crippen molar-refractivity contribution in [3.05, 3.63) is 0 Å². The van der Waals surface area contributed by atoms with Crippen LogP contribution in [-0.4, -0.2) is 19.3 Å². The van der Waals surface area contributed by atoms with E-state index in [2.05, 4.69) is 38.4 Å². The predicted molar refractivity (Wildman–Crippen MR) is 61.5 cm³/mol. The van der Waals surface area contributed by atoms with Gasteiger partial charge in [0.25, 0.3) is 0 Å². The zero-order valence-corrected chi connectivity index (χ0v) is 10.5. The Morgan fingerprint density at radius 3 is 2.15 bits per heavy atom. The summed E-state index contributed by atoms with van der Waals surface area (Å²) < 4.78 is 0. The molecule has 0 saturated carbocycles. The lowest BCUT2D eigenvalue weighted by Gasteiger charge is -2.28. The van der Waals surface area contributed by atoms with Crippen molar-refractivity contribution in [3.8, 4) is 11.8 Å². The molecule has 76 valence electrons. The number of rotatable bonds is 4. The van der Waals surface area contributed by atoms with Gasteiger partial charge in [0.1, 0.15) is 0 Å². The minimum Gasteiger partial charge on any atom is -0.392 e. The molecule has 0 aliphatic heterocycles. The van der Waals surface area contributed by atoms with Crippen LogP contribution >= 0.6 is 0 Å². The highest BCUT2D eigenvalue weighted by Gasteiger charge is 2.30. The Hall–Kier alpha value is -0.263. The predicted octanol–water partition coefficient (Wildman–Crippen LogP) is 2.88. The van der Waals surface area contributed by atoms with Gasteiger partial charge in [-0.05, 0) is 13.3 Å². The first-order valence-corrected chi connectivity index (χ1v) is 8.61. The lowest BCUT2D eigenvalue weighted by Crippen LogP contribution is -2.35. The van der Waals surface area contributed by atoms with Gasteiger partial charge in [-0.2, -0.15) is 0 Å². The van der Waals surface area contributed by atoms with Gasteiger partial charge in [0.2, 0.25) is 0 Å². The lowest BCUT2D eigenvalue weighted by atomic mass is 10.1. The Morgan fingerprint density at radius 2 is 1.85 bits per heavy atom. The molecular weight excluding hydrogens is 176 g/mol. The average molecular weight is 198 g/mol. The molecule has 0 spiro atoms. The Labute approximate surface area is 83.6 Å². The topological polar surface area (TPSA) is 20.2 Å². The van der Waals surface area contributed by atoms with Crippen LogP contribution in [0.5, 0.6) is 0 Å². The molecular formula is C11H22OSi. The zero-order chi connectivity index (χ0) is 10.5. The third-order valence-electron chi connectivity index (χ3n) is 2.20. The maximum absolute atomic E-state index is 9.91. The molecule has 0 unspecified atom stereocenters. The fraction of sp³-hybridized carbons (Fsp3) is 0.818. The van der Waals surface area contributed by atoms with E-state index in [-0.39, 0.29) is 11.6 Å². The van der Waals surface area contributed by atoms with Crippen molar-refractivity contribution < 1.29 is 5.11 Å². The fourth-order valence-electron chi connectivity index (χ4n) is 1.51. The first kappa shape index (κ1) is 12.7. The third-order valence-corrected chi connectivity index (χ3v) is 4.60. The van der Waals surface area contributed by atoms with Crippen LogP contribution in [-0.2, 0) is 0 Å². The van der Waals surface area contributed by atoms with E-state index in [0.717, 1.165) is 12.8 Å². The fourth-order valence-corrected chi connectivity index (χ4v) is 3.41. The van der Waals surface area contributed by atoms with Gasteiger partial charge in [-0.25, -0.2) is 0 Å². The number of aliphatic hydroxyl groups excluding tert-OH is 1. The molecule has 0 radical (unpaired) electrons. The summed E-state index contributed by atoms with van der Waals surface area (Å²) >= 11 is 0. The molecule has 0 rings (SSSR count). The molecule has 0 bridgehead atoms. The van der Waals surface area contributed by atoms with E-state index in [1.54, 1.807) is 0 Å². The van der Waals surface area contributed by atoms with Gasteiger partial charge in [-0.1, -0.05) is 33.0 Å². The molecule has 0 aliphatic carbocycles. The highest BCUT2D eigenvalue weighted by atomic mass is 28.3. The van der Waals surface area contributed by atoms with E-state index in [0.29, 0.717) is 0 Å². The summed E-state index contributed by atoms with van der Waals surface area (Å²) in [6, 6.07) is 0. The first-order valence-electron chi connectivity index (χ1n) is 5.03. The molecule has 0 aromatic rings. The Bertz CT molecular complexity index is 194.